The first-order valence-corrected chi connectivity index (χ1v) is 15.0. The molecular formula is C30H23ClF7N7O3. The van der Waals surface area contributed by atoms with Crippen LogP contribution >= 0.6 is 11.6 Å². The highest BCUT2D eigenvalue weighted by Gasteiger charge is 2.39. The molecule has 4 aromatic heterocycles. The van der Waals surface area contributed by atoms with Crippen molar-refractivity contribution in [2.24, 2.45) is 0 Å². The van der Waals surface area contributed by atoms with Crippen molar-refractivity contribution < 1.29 is 44.7 Å². The molecule has 18 heteroatoms. The monoisotopic (exact) mass is 697 g/mol. The van der Waals surface area contributed by atoms with E-state index in [2.05, 4.69) is 24.6 Å². The summed E-state index contributed by atoms with van der Waals surface area (Å²) in [5.41, 5.74) is 0.779. The van der Waals surface area contributed by atoms with Gasteiger partial charge in [0.05, 0.1) is 42.1 Å². The van der Waals surface area contributed by atoms with E-state index in [0.29, 0.717) is 47.8 Å². The van der Waals surface area contributed by atoms with Gasteiger partial charge in [0.2, 0.25) is 11.7 Å². The highest BCUT2D eigenvalue weighted by Crippen LogP contribution is 2.38. The van der Waals surface area contributed by atoms with Crippen LogP contribution in [0.3, 0.4) is 0 Å². The Balaban J connectivity index is 1.16. The minimum atomic E-state index is -4.81. The fourth-order valence-electron chi connectivity index (χ4n) is 5.52. The second-order valence-electron chi connectivity index (χ2n) is 11.3. The third-order valence-electron chi connectivity index (χ3n) is 8.07. The fraction of sp³-hybridized carbons (Fsp3) is 0.367. The lowest BCUT2D eigenvalue weighted by Crippen LogP contribution is -2.34. The number of halogens is 8. The first-order valence-electron chi connectivity index (χ1n) is 14.6. The number of fused-ring (bicyclic) bond motifs is 2. The molecule has 1 saturated heterocycles. The largest absolute Gasteiger partial charge is 0.472 e. The molecule has 0 amide bonds. The normalized spacial score (nSPS) is 17.0. The summed E-state index contributed by atoms with van der Waals surface area (Å²) in [6, 6.07) is 6.25. The molecule has 0 N–H and O–H groups in total. The van der Waals surface area contributed by atoms with E-state index < -0.39 is 42.1 Å². The minimum absolute atomic E-state index is 0.0146. The molecule has 2 aliphatic heterocycles. The summed E-state index contributed by atoms with van der Waals surface area (Å²) < 4.78 is 113. The zero-order valence-corrected chi connectivity index (χ0v) is 25.3. The molecule has 0 saturated carbocycles. The van der Waals surface area contributed by atoms with E-state index in [1.807, 2.05) is 9.47 Å². The van der Waals surface area contributed by atoms with E-state index in [4.69, 9.17) is 26.1 Å². The van der Waals surface area contributed by atoms with E-state index in [0.717, 1.165) is 18.6 Å². The van der Waals surface area contributed by atoms with E-state index >= 15 is 0 Å². The van der Waals surface area contributed by atoms with Gasteiger partial charge in [-0.15, -0.1) is 0 Å². The second kappa shape index (κ2) is 12.3. The van der Waals surface area contributed by atoms with Crippen molar-refractivity contribution in [1.29, 1.82) is 0 Å². The van der Waals surface area contributed by atoms with Gasteiger partial charge in [-0.2, -0.15) is 31.3 Å². The van der Waals surface area contributed by atoms with Crippen LogP contribution in [-0.4, -0.2) is 53.8 Å². The molecule has 5 aromatic rings. The maximum absolute atomic E-state index is 14.3. The molecule has 1 aromatic carbocycles. The van der Waals surface area contributed by atoms with E-state index in [1.165, 1.54) is 24.4 Å². The number of imidazole rings is 1. The number of benzene rings is 1. The smallest absolute Gasteiger partial charge is 0.471 e. The Labute approximate surface area is 271 Å². The Morgan fingerprint density at radius 2 is 1.83 bits per heavy atom. The van der Waals surface area contributed by atoms with Gasteiger partial charge in [-0.25, -0.2) is 14.4 Å². The Morgan fingerprint density at radius 3 is 2.52 bits per heavy atom. The summed E-state index contributed by atoms with van der Waals surface area (Å²) in [6.45, 7) is 1.35. The quantitative estimate of drug-likeness (QED) is 0.165. The predicted molar refractivity (Wildman–Crippen MR) is 153 cm³/mol. The highest BCUT2D eigenvalue weighted by molar-refractivity contribution is 6.30. The van der Waals surface area contributed by atoms with Crippen molar-refractivity contribution in [3.8, 4) is 17.4 Å². The molecule has 1 fully saturated rings. The number of nitrogens with zero attached hydrogens (tertiary/aromatic N) is 7. The van der Waals surface area contributed by atoms with Gasteiger partial charge in [-0.1, -0.05) is 22.8 Å². The van der Waals surface area contributed by atoms with E-state index in [9.17, 15) is 30.7 Å². The number of pyridine rings is 2. The SMILES string of the molecule is Fc1cc(Cl)ccc1COc1nc2c(cc1C(F)(F)F)CCN(Cc1nc3cc(-c4noc(C(F)(F)F)n4)ncc3n1C[C@@H]1CCO1)C2. The van der Waals surface area contributed by atoms with Crippen LogP contribution in [0.1, 0.15) is 40.5 Å². The van der Waals surface area contributed by atoms with Crippen molar-refractivity contribution in [3.63, 3.8) is 0 Å². The molecule has 7 rings (SSSR count). The van der Waals surface area contributed by atoms with Crippen molar-refractivity contribution in [2.75, 3.05) is 13.2 Å². The van der Waals surface area contributed by atoms with Crippen LogP contribution < -0.4 is 4.74 Å². The topological polar surface area (TPSA) is 104 Å². The summed E-state index contributed by atoms with van der Waals surface area (Å²) in [5, 5.41) is 3.53. The van der Waals surface area contributed by atoms with Gasteiger partial charge >= 0.3 is 18.2 Å². The Hall–Kier alpha value is -4.35. The summed E-state index contributed by atoms with van der Waals surface area (Å²) >= 11 is 5.78. The third-order valence-corrected chi connectivity index (χ3v) is 8.30. The van der Waals surface area contributed by atoms with Crippen LogP contribution in [0.25, 0.3) is 22.6 Å². The number of ether oxygens (including phenoxy) is 2. The maximum atomic E-state index is 14.3. The lowest BCUT2D eigenvalue weighted by molar-refractivity contribution is -0.159. The standard InChI is InChI=1S/C30H23ClF7N7O3/c31-17-2-1-16(20(32)8-17)14-47-27-19(29(33,34)35)7-15-3-5-44(12-23(15)41-27)13-25-40-21-9-22(26-42-28(48-43-26)30(36,37)38)39-10-24(21)45(25)11-18-4-6-46-18/h1-2,7-10,18H,3-6,11-14H2/t18-/m0/s1. The molecule has 0 radical (unpaired) electrons. The van der Waals surface area contributed by atoms with Gasteiger partial charge in [0.1, 0.15) is 29.5 Å². The number of hydrogen-bond donors (Lipinski definition) is 0. The molecule has 0 unspecified atom stereocenters. The van der Waals surface area contributed by atoms with Gasteiger partial charge in [0.25, 0.3) is 0 Å². The molecule has 0 aliphatic carbocycles. The average Bonchev–Trinajstić information content (AvgIpc) is 3.63. The van der Waals surface area contributed by atoms with Crippen LogP contribution in [0.15, 0.2) is 41.1 Å². The van der Waals surface area contributed by atoms with Gasteiger partial charge in [0.15, 0.2) is 0 Å². The summed E-state index contributed by atoms with van der Waals surface area (Å²) in [6.07, 6.45) is -7.12. The zero-order valence-electron chi connectivity index (χ0n) is 24.6. The Bertz CT molecular complexity index is 1990. The average molecular weight is 698 g/mol. The summed E-state index contributed by atoms with van der Waals surface area (Å²) in [7, 11) is 0. The zero-order chi connectivity index (χ0) is 33.8. The van der Waals surface area contributed by atoms with Crippen molar-refractivity contribution in [1.82, 2.24) is 34.6 Å². The second-order valence-corrected chi connectivity index (χ2v) is 11.8. The van der Waals surface area contributed by atoms with Crippen LogP contribution in [-0.2, 0) is 49.8 Å². The minimum Gasteiger partial charge on any atom is -0.472 e. The molecule has 48 heavy (non-hydrogen) atoms. The number of hydrogen-bond acceptors (Lipinski definition) is 9. The van der Waals surface area contributed by atoms with Crippen LogP contribution in [0.4, 0.5) is 30.7 Å². The van der Waals surface area contributed by atoms with Gasteiger partial charge in [0, 0.05) is 30.3 Å². The van der Waals surface area contributed by atoms with Gasteiger partial charge in [-0.05, 0) is 42.7 Å². The molecule has 10 nitrogen and oxygen atoms in total. The van der Waals surface area contributed by atoms with E-state index in [1.54, 1.807) is 0 Å². The summed E-state index contributed by atoms with van der Waals surface area (Å²) in [4.78, 5) is 18.6. The van der Waals surface area contributed by atoms with Crippen molar-refractivity contribution in [2.45, 2.75) is 57.5 Å². The number of rotatable bonds is 8. The lowest BCUT2D eigenvalue weighted by Gasteiger charge is -2.30. The van der Waals surface area contributed by atoms with Gasteiger partial charge in [-0.3, -0.25) is 9.88 Å². The van der Waals surface area contributed by atoms with Crippen LogP contribution in [0.2, 0.25) is 5.02 Å². The predicted octanol–water partition coefficient (Wildman–Crippen LogP) is 6.63. The van der Waals surface area contributed by atoms with E-state index in [-0.39, 0.29) is 47.7 Å². The van der Waals surface area contributed by atoms with Gasteiger partial charge < -0.3 is 18.6 Å². The molecular weight excluding hydrogens is 675 g/mol. The Morgan fingerprint density at radius 1 is 1.02 bits per heavy atom. The molecule has 2 aliphatic rings. The third kappa shape index (κ3) is 6.53. The highest BCUT2D eigenvalue weighted by atomic mass is 35.5. The lowest BCUT2D eigenvalue weighted by atomic mass is 10.0. The van der Waals surface area contributed by atoms with Crippen LogP contribution in [0, 0.1) is 5.82 Å². The number of alkyl halides is 6. The molecule has 0 spiro atoms. The molecule has 1 atom stereocenters. The fourth-order valence-corrected chi connectivity index (χ4v) is 5.68. The van der Waals surface area contributed by atoms with Crippen LogP contribution in [0.5, 0.6) is 5.88 Å². The first kappa shape index (κ1) is 32.2. The number of aromatic nitrogens is 6. The molecule has 252 valence electrons. The maximum Gasteiger partial charge on any atom is 0.471 e. The van der Waals surface area contributed by atoms with Crippen molar-refractivity contribution in [3.05, 3.63) is 81.5 Å². The summed E-state index contributed by atoms with van der Waals surface area (Å²) in [5.74, 6) is -2.66. The molecule has 6 heterocycles. The van der Waals surface area contributed by atoms with Crippen molar-refractivity contribution >= 4 is 22.6 Å². The molecule has 0 bridgehead atoms. The Kier molecular flexibility index (Phi) is 8.23. The first-order chi connectivity index (χ1) is 22.8.